The van der Waals surface area contributed by atoms with Gasteiger partial charge in [0.1, 0.15) is 0 Å². The lowest BCUT2D eigenvalue weighted by atomic mass is 10.0. The second-order valence-corrected chi connectivity index (χ2v) is 10.4. The zero-order valence-corrected chi connectivity index (χ0v) is 20.3. The van der Waals surface area contributed by atoms with Crippen molar-refractivity contribution in [3.8, 4) is 10.4 Å². The molecule has 2 aromatic carbocycles. The van der Waals surface area contributed by atoms with E-state index in [9.17, 15) is 9.90 Å². The molecule has 4 aromatic rings. The van der Waals surface area contributed by atoms with Gasteiger partial charge < -0.3 is 15.7 Å². The average Bonchev–Trinajstić information content (AvgIpc) is 3.58. The largest absolute Gasteiger partial charge is 0.393 e. The van der Waals surface area contributed by atoms with Crippen LogP contribution in [0.5, 0.6) is 0 Å². The molecule has 0 radical (unpaired) electrons. The van der Waals surface area contributed by atoms with Crippen LogP contribution in [-0.2, 0) is 6.54 Å². The third-order valence-corrected chi connectivity index (χ3v) is 7.81. The summed E-state index contributed by atoms with van der Waals surface area (Å²) in [5.41, 5.74) is 4.67. The van der Waals surface area contributed by atoms with Crippen LogP contribution in [0.1, 0.15) is 58.6 Å². The Kier molecular flexibility index (Phi) is 6.50. The van der Waals surface area contributed by atoms with Crippen molar-refractivity contribution in [1.29, 1.82) is 0 Å². The molecule has 1 fully saturated rings. The number of aliphatic hydroxyl groups is 1. The van der Waals surface area contributed by atoms with Crippen molar-refractivity contribution < 1.29 is 9.90 Å². The van der Waals surface area contributed by atoms with Gasteiger partial charge in [-0.15, -0.1) is 11.3 Å². The second-order valence-electron chi connectivity index (χ2n) is 9.26. The molecular formula is C27H30N4O2S. The van der Waals surface area contributed by atoms with Gasteiger partial charge in [0, 0.05) is 33.3 Å². The van der Waals surface area contributed by atoms with Crippen molar-refractivity contribution in [2.75, 3.05) is 0 Å². The first-order chi connectivity index (χ1) is 16.5. The normalized spacial score (nSPS) is 18.9. The number of hydrogen-bond donors (Lipinski definition) is 4. The number of H-pyrrole nitrogens is 1. The van der Waals surface area contributed by atoms with Crippen molar-refractivity contribution in [2.24, 2.45) is 0 Å². The second kappa shape index (κ2) is 9.70. The number of nitrogens with one attached hydrogen (secondary N) is 3. The number of thiophene rings is 1. The molecule has 176 valence electrons. The molecule has 0 unspecified atom stereocenters. The summed E-state index contributed by atoms with van der Waals surface area (Å²) in [6, 6.07) is 16.8. The van der Waals surface area contributed by atoms with Crippen LogP contribution in [0.15, 0.2) is 54.7 Å². The highest BCUT2D eigenvalue weighted by Crippen LogP contribution is 2.30. The van der Waals surface area contributed by atoms with Crippen LogP contribution >= 0.6 is 11.3 Å². The number of carbonyl (C=O) groups excluding carboxylic acids is 1. The maximum atomic E-state index is 13.0. The SMILES string of the molecule is Cc1cc2cn[nH]c2cc1C(=O)N[C@H](C)c1cccc(-c2ccc(CN[C@H]3CC[C@@H](O)C3)s2)c1. The Bertz CT molecular complexity index is 1310. The minimum Gasteiger partial charge on any atom is -0.393 e. The molecule has 0 saturated heterocycles. The third-order valence-electron chi connectivity index (χ3n) is 6.68. The number of aryl methyl sites for hydroxylation is 1. The number of amides is 1. The Morgan fingerprint density at radius 1 is 1.24 bits per heavy atom. The summed E-state index contributed by atoms with van der Waals surface area (Å²) in [5.74, 6) is -0.0894. The van der Waals surface area contributed by atoms with Gasteiger partial charge in [-0.05, 0) is 80.1 Å². The van der Waals surface area contributed by atoms with Gasteiger partial charge in [0.25, 0.3) is 5.91 Å². The summed E-state index contributed by atoms with van der Waals surface area (Å²) in [4.78, 5) is 15.5. The highest BCUT2D eigenvalue weighted by Gasteiger charge is 2.22. The zero-order valence-electron chi connectivity index (χ0n) is 19.5. The Hall–Kier alpha value is -3.00. The van der Waals surface area contributed by atoms with Crippen molar-refractivity contribution in [1.82, 2.24) is 20.8 Å². The molecule has 5 rings (SSSR count). The van der Waals surface area contributed by atoms with E-state index in [0.29, 0.717) is 11.6 Å². The Balaban J connectivity index is 1.25. The number of carbonyl (C=O) groups is 1. The summed E-state index contributed by atoms with van der Waals surface area (Å²) in [6.45, 7) is 4.79. The van der Waals surface area contributed by atoms with E-state index in [2.05, 4.69) is 51.2 Å². The molecule has 6 nitrogen and oxygen atoms in total. The average molecular weight is 475 g/mol. The molecular weight excluding hydrogens is 444 g/mol. The van der Waals surface area contributed by atoms with E-state index in [1.165, 1.54) is 9.75 Å². The molecule has 2 aromatic heterocycles. The van der Waals surface area contributed by atoms with Gasteiger partial charge in [-0.1, -0.05) is 18.2 Å². The summed E-state index contributed by atoms with van der Waals surface area (Å²) < 4.78 is 0. The summed E-state index contributed by atoms with van der Waals surface area (Å²) >= 11 is 1.78. The molecule has 4 N–H and O–H groups in total. The van der Waals surface area contributed by atoms with E-state index in [1.807, 2.05) is 32.0 Å². The highest BCUT2D eigenvalue weighted by molar-refractivity contribution is 7.15. The lowest BCUT2D eigenvalue weighted by molar-refractivity contribution is 0.0939. The van der Waals surface area contributed by atoms with Crippen LogP contribution < -0.4 is 10.6 Å². The number of rotatable bonds is 7. The van der Waals surface area contributed by atoms with Crippen molar-refractivity contribution >= 4 is 28.1 Å². The molecule has 1 saturated carbocycles. The number of aromatic nitrogens is 2. The molecule has 0 bridgehead atoms. The molecule has 1 amide bonds. The first kappa shape index (κ1) is 22.8. The first-order valence-electron chi connectivity index (χ1n) is 11.8. The third kappa shape index (κ3) is 4.92. The number of aliphatic hydroxyl groups excluding tert-OH is 1. The smallest absolute Gasteiger partial charge is 0.252 e. The first-order valence-corrected chi connectivity index (χ1v) is 12.6. The highest BCUT2D eigenvalue weighted by atomic mass is 32.1. The van der Waals surface area contributed by atoms with Crippen molar-refractivity contribution in [3.63, 3.8) is 0 Å². The van der Waals surface area contributed by atoms with Crippen LogP contribution in [-0.4, -0.2) is 33.4 Å². The van der Waals surface area contributed by atoms with Crippen molar-refractivity contribution in [3.05, 3.63) is 76.3 Å². The Morgan fingerprint density at radius 3 is 2.94 bits per heavy atom. The monoisotopic (exact) mass is 474 g/mol. The summed E-state index contributed by atoms with van der Waals surface area (Å²) in [5, 5.41) is 24.4. The number of benzene rings is 2. The lowest BCUT2D eigenvalue weighted by Gasteiger charge is -2.16. The number of nitrogens with zero attached hydrogens (tertiary/aromatic N) is 1. The fourth-order valence-corrected chi connectivity index (χ4v) is 5.64. The van der Waals surface area contributed by atoms with Gasteiger partial charge >= 0.3 is 0 Å². The fourth-order valence-electron chi connectivity index (χ4n) is 4.68. The van der Waals surface area contributed by atoms with E-state index in [4.69, 9.17) is 0 Å². The van der Waals surface area contributed by atoms with E-state index in [1.54, 1.807) is 17.5 Å². The molecule has 0 spiro atoms. The van der Waals surface area contributed by atoms with Gasteiger partial charge in [-0.2, -0.15) is 5.10 Å². The number of fused-ring (bicyclic) bond motifs is 1. The quantitative estimate of drug-likeness (QED) is 0.300. The van der Waals surface area contributed by atoms with Crippen LogP contribution in [0.3, 0.4) is 0 Å². The topological polar surface area (TPSA) is 90.0 Å². The van der Waals surface area contributed by atoms with E-state index < -0.39 is 0 Å². The molecule has 3 atom stereocenters. The number of hydrogen-bond acceptors (Lipinski definition) is 5. The zero-order chi connectivity index (χ0) is 23.7. The van der Waals surface area contributed by atoms with Gasteiger partial charge in [0.05, 0.1) is 23.9 Å². The molecule has 34 heavy (non-hydrogen) atoms. The molecule has 1 aliphatic carbocycles. The summed E-state index contributed by atoms with van der Waals surface area (Å²) in [7, 11) is 0. The Labute approximate surface area is 203 Å². The van der Waals surface area contributed by atoms with E-state index in [-0.39, 0.29) is 18.1 Å². The fraction of sp³-hybridized carbons (Fsp3) is 0.333. The van der Waals surface area contributed by atoms with Gasteiger partial charge in [0.15, 0.2) is 0 Å². The van der Waals surface area contributed by atoms with Gasteiger partial charge in [-0.3, -0.25) is 9.89 Å². The van der Waals surface area contributed by atoms with Crippen LogP contribution in [0.25, 0.3) is 21.3 Å². The van der Waals surface area contributed by atoms with E-state index in [0.717, 1.165) is 53.4 Å². The van der Waals surface area contributed by atoms with Crippen LogP contribution in [0.2, 0.25) is 0 Å². The predicted molar refractivity (Wildman–Crippen MR) is 137 cm³/mol. The number of aromatic amines is 1. The van der Waals surface area contributed by atoms with E-state index >= 15 is 0 Å². The maximum absolute atomic E-state index is 13.0. The van der Waals surface area contributed by atoms with Gasteiger partial charge in [-0.25, -0.2) is 0 Å². The molecule has 2 heterocycles. The minimum absolute atomic E-state index is 0.0894. The molecule has 7 heteroatoms. The predicted octanol–water partition coefficient (Wildman–Crippen LogP) is 5.09. The van der Waals surface area contributed by atoms with Gasteiger partial charge in [0.2, 0.25) is 0 Å². The summed E-state index contributed by atoms with van der Waals surface area (Å²) in [6.07, 6.45) is 4.40. The van der Waals surface area contributed by atoms with Crippen LogP contribution in [0.4, 0.5) is 0 Å². The standard InChI is InChI=1S/C27H30N4O2S/c1-16-10-20-14-29-31-25(20)13-24(16)27(33)30-17(2)18-4-3-5-19(11-18)26-9-8-23(34-26)15-28-21-6-7-22(32)12-21/h3-5,8-11,13-14,17,21-22,28,32H,6-7,12,15H2,1-2H3,(H,29,31)(H,30,33)/t17-,21+,22-/m1/s1. The van der Waals surface area contributed by atoms with Crippen LogP contribution in [0, 0.1) is 6.92 Å². The minimum atomic E-state index is -0.154. The molecule has 1 aliphatic rings. The van der Waals surface area contributed by atoms with Crippen molar-refractivity contribution in [2.45, 2.75) is 57.8 Å². The Morgan fingerprint density at radius 2 is 2.12 bits per heavy atom. The lowest BCUT2D eigenvalue weighted by Crippen LogP contribution is -2.27. The maximum Gasteiger partial charge on any atom is 0.252 e. The molecule has 0 aliphatic heterocycles.